The number of methoxy groups -OCH3 is 1. The molecule has 3 aromatic carbocycles. The van der Waals surface area contributed by atoms with Gasteiger partial charge in [-0.05, 0) is 50.2 Å². The number of nitrogens with zero attached hydrogens (tertiary/aromatic N) is 4. The van der Waals surface area contributed by atoms with Gasteiger partial charge in [0.25, 0.3) is 0 Å². The van der Waals surface area contributed by atoms with E-state index in [-0.39, 0.29) is 0 Å². The van der Waals surface area contributed by atoms with Crippen LogP contribution in [0, 0.1) is 6.92 Å². The topological polar surface area (TPSA) is 54.1 Å². The molecule has 6 nitrogen and oxygen atoms in total. The Balaban J connectivity index is 1.44. The normalized spacial score (nSPS) is 11.3. The van der Waals surface area contributed by atoms with Gasteiger partial charge in [0.05, 0.1) is 36.0 Å². The lowest BCUT2D eigenvalue weighted by Crippen LogP contribution is -2.04. The summed E-state index contributed by atoms with van der Waals surface area (Å²) in [4.78, 5) is 9.69. The minimum atomic E-state index is 0.383. The van der Waals surface area contributed by atoms with Crippen molar-refractivity contribution in [2.75, 3.05) is 7.11 Å². The van der Waals surface area contributed by atoms with Crippen molar-refractivity contribution in [3.05, 3.63) is 96.1 Å². The van der Waals surface area contributed by atoms with Gasteiger partial charge in [0.15, 0.2) is 0 Å². The number of hydrogen-bond acceptors (Lipinski definition) is 4. The van der Waals surface area contributed by atoms with Crippen molar-refractivity contribution in [2.24, 2.45) is 0 Å². The van der Waals surface area contributed by atoms with Crippen LogP contribution in [0.15, 0.2) is 79.0 Å². The SMILES string of the molecule is CCn1c(COCc2cn(-c3ccc(C)cc3)c(-c3ccccc3OC)n2)nc2ccccc21. The third kappa shape index (κ3) is 4.20. The molecule has 0 atom stereocenters. The van der Waals surface area contributed by atoms with Crippen LogP contribution in [-0.2, 0) is 24.5 Å². The largest absolute Gasteiger partial charge is 0.496 e. The summed E-state index contributed by atoms with van der Waals surface area (Å²) in [5.41, 5.74) is 6.16. The summed E-state index contributed by atoms with van der Waals surface area (Å²) in [6.07, 6.45) is 2.04. The molecule has 0 saturated carbocycles. The van der Waals surface area contributed by atoms with Gasteiger partial charge < -0.3 is 14.0 Å². The highest BCUT2D eigenvalue weighted by Crippen LogP contribution is 2.31. The van der Waals surface area contributed by atoms with E-state index in [4.69, 9.17) is 19.4 Å². The fraction of sp³-hybridized carbons (Fsp3) is 0.214. The van der Waals surface area contributed by atoms with E-state index in [9.17, 15) is 0 Å². The number of imidazole rings is 2. The van der Waals surface area contributed by atoms with Gasteiger partial charge in [-0.1, -0.05) is 42.0 Å². The highest BCUT2D eigenvalue weighted by atomic mass is 16.5. The lowest BCUT2D eigenvalue weighted by Gasteiger charge is -2.11. The molecule has 0 amide bonds. The van der Waals surface area contributed by atoms with Crippen LogP contribution < -0.4 is 4.74 Å². The smallest absolute Gasteiger partial charge is 0.148 e. The van der Waals surface area contributed by atoms with Crippen LogP contribution in [0.4, 0.5) is 0 Å². The number of rotatable bonds is 8. The molecule has 172 valence electrons. The van der Waals surface area contributed by atoms with Crippen molar-refractivity contribution in [2.45, 2.75) is 33.6 Å². The molecular weight excluding hydrogens is 424 g/mol. The molecule has 6 heteroatoms. The van der Waals surface area contributed by atoms with Gasteiger partial charge in [-0.15, -0.1) is 0 Å². The first-order valence-corrected chi connectivity index (χ1v) is 11.5. The summed E-state index contributed by atoms with van der Waals surface area (Å²) in [6.45, 7) is 5.86. The third-order valence-electron chi connectivity index (χ3n) is 5.95. The van der Waals surface area contributed by atoms with Crippen LogP contribution in [0.5, 0.6) is 5.75 Å². The Labute approximate surface area is 199 Å². The van der Waals surface area contributed by atoms with Gasteiger partial charge >= 0.3 is 0 Å². The predicted molar refractivity (Wildman–Crippen MR) is 134 cm³/mol. The Morgan fingerprint density at radius 1 is 0.853 bits per heavy atom. The molecule has 0 aliphatic rings. The lowest BCUT2D eigenvalue weighted by molar-refractivity contribution is 0.0975. The van der Waals surface area contributed by atoms with E-state index >= 15 is 0 Å². The monoisotopic (exact) mass is 452 g/mol. The molecule has 5 aromatic rings. The summed E-state index contributed by atoms with van der Waals surface area (Å²) in [5.74, 6) is 2.53. The highest BCUT2D eigenvalue weighted by Gasteiger charge is 2.16. The molecule has 2 aromatic heterocycles. The molecule has 0 aliphatic carbocycles. The standard InChI is InChI=1S/C28H28N4O2/c1-4-31-25-11-7-6-10-24(25)30-27(31)19-34-18-21-17-32(22-15-13-20(2)14-16-22)28(29-21)23-9-5-8-12-26(23)33-3/h5-17H,4,18-19H2,1-3H3. The van der Waals surface area contributed by atoms with E-state index in [1.807, 2.05) is 48.7 Å². The molecule has 0 unspecified atom stereocenters. The maximum atomic E-state index is 6.10. The molecule has 2 heterocycles. The first-order chi connectivity index (χ1) is 16.7. The molecular formula is C28H28N4O2. The molecule has 0 fully saturated rings. The predicted octanol–water partition coefficient (Wildman–Crippen LogP) is 5.94. The Morgan fingerprint density at radius 3 is 2.41 bits per heavy atom. The molecule has 5 rings (SSSR count). The van der Waals surface area contributed by atoms with E-state index < -0.39 is 0 Å². The van der Waals surface area contributed by atoms with E-state index in [1.165, 1.54) is 5.56 Å². The number of benzene rings is 3. The fourth-order valence-corrected chi connectivity index (χ4v) is 4.26. The number of para-hydroxylation sites is 3. The number of hydrogen-bond donors (Lipinski definition) is 0. The quantitative estimate of drug-likeness (QED) is 0.292. The first kappa shape index (κ1) is 21.9. The zero-order valence-corrected chi connectivity index (χ0v) is 19.7. The van der Waals surface area contributed by atoms with E-state index in [2.05, 4.69) is 53.3 Å². The highest BCUT2D eigenvalue weighted by molar-refractivity contribution is 5.75. The Hall–Kier alpha value is -3.90. The zero-order valence-electron chi connectivity index (χ0n) is 19.7. The van der Waals surface area contributed by atoms with Gasteiger partial charge in [0.2, 0.25) is 0 Å². The second-order valence-corrected chi connectivity index (χ2v) is 8.22. The number of aryl methyl sites for hydroxylation is 2. The van der Waals surface area contributed by atoms with E-state index in [0.717, 1.165) is 51.9 Å². The zero-order chi connectivity index (χ0) is 23.5. The molecule has 0 radical (unpaired) electrons. The summed E-state index contributed by atoms with van der Waals surface area (Å²) in [6, 6.07) is 24.5. The molecule has 34 heavy (non-hydrogen) atoms. The van der Waals surface area contributed by atoms with Gasteiger partial charge in [-0.25, -0.2) is 9.97 Å². The maximum Gasteiger partial charge on any atom is 0.148 e. The van der Waals surface area contributed by atoms with Gasteiger partial charge in [0, 0.05) is 18.4 Å². The average Bonchev–Trinajstić information content (AvgIpc) is 3.45. The molecule has 0 aliphatic heterocycles. The van der Waals surface area contributed by atoms with Crippen LogP contribution in [0.25, 0.3) is 28.1 Å². The van der Waals surface area contributed by atoms with Crippen molar-refractivity contribution in [1.82, 2.24) is 19.1 Å². The van der Waals surface area contributed by atoms with Crippen LogP contribution in [0.1, 0.15) is 24.0 Å². The Kier molecular flexibility index (Phi) is 6.14. The Bertz CT molecular complexity index is 1420. The summed E-state index contributed by atoms with van der Waals surface area (Å²) in [7, 11) is 1.68. The summed E-state index contributed by atoms with van der Waals surface area (Å²) in [5, 5.41) is 0. The number of aromatic nitrogens is 4. The second-order valence-electron chi connectivity index (χ2n) is 8.22. The maximum absolute atomic E-state index is 6.10. The van der Waals surface area contributed by atoms with Gasteiger partial charge in [-0.2, -0.15) is 0 Å². The van der Waals surface area contributed by atoms with E-state index in [1.54, 1.807) is 7.11 Å². The summed E-state index contributed by atoms with van der Waals surface area (Å²) >= 11 is 0. The molecule has 0 saturated heterocycles. The minimum absolute atomic E-state index is 0.383. The van der Waals surface area contributed by atoms with Crippen molar-refractivity contribution in [1.29, 1.82) is 0 Å². The fourth-order valence-electron chi connectivity index (χ4n) is 4.26. The molecule has 0 spiro atoms. The molecule has 0 bridgehead atoms. The van der Waals surface area contributed by atoms with Crippen molar-refractivity contribution in [3.8, 4) is 22.8 Å². The molecule has 0 N–H and O–H groups in total. The van der Waals surface area contributed by atoms with Crippen LogP contribution >= 0.6 is 0 Å². The van der Waals surface area contributed by atoms with Crippen LogP contribution in [0.3, 0.4) is 0 Å². The lowest BCUT2D eigenvalue weighted by atomic mass is 10.1. The van der Waals surface area contributed by atoms with Crippen molar-refractivity contribution < 1.29 is 9.47 Å². The summed E-state index contributed by atoms with van der Waals surface area (Å²) < 4.78 is 16.0. The van der Waals surface area contributed by atoms with E-state index in [0.29, 0.717) is 13.2 Å². The van der Waals surface area contributed by atoms with Crippen molar-refractivity contribution >= 4 is 11.0 Å². The first-order valence-electron chi connectivity index (χ1n) is 11.5. The third-order valence-corrected chi connectivity index (χ3v) is 5.95. The van der Waals surface area contributed by atoms with Crippen LogP contribution in [0.2, 0.25) is 0 Å². The minimum Gasteiger partial charge on any atom is -0.496 e. The second kappa shape index (κ2) is 9.53. The number of fused-ring (bicyclic) bond motifs is 1. The average molecular weight is 453 g/mol. The number of ether oxygens (including phenoxy) is 2. The van der Waals surface area contributed by atoms with Crippen LogP contribution in [-0.4, -0.2) is 26.2 Å². The van der Waals surface area contributed by atoms with Crippen molar-refractivity contribution in [3.63, 3.8) is 0 Å². The van der Waals surface area contributed by atoms with Gasteiger partial charge in [-0.3, -0.25) is 4.57 Å². The van der Waals surface area contributed by atoms with Gasteiger partial charge in [0.1, 0.15) is 24.0 Å². The Morgan fingerprint density at radius 2 is 1.62 bits per heavy atom.